The van der Waals surface area contributed by atoms with Crippen molar-refractivity contribution in [1.82, 2.24) is 9.80 Å². The molecule has 0 spiro atoms. The number of aliphatic hydroxyl groups excluding tert-OH is 1. The first-order valence-corrected chi connectivity index (χ1v) is 8.58. The van der Waals surface area contributed by atoms with E-state index in [1.54, 1.807) is 11.3 Å². The van der Waals surface area contributed by atoms with Crippen molar-refractivity contribution in [2.75, 3.05) is 33.3 Å². The number of hydrogen-bond donors (Lipinski definition) is 1. The second kappa shape index (κ2) is 6.63. The summed E-state index contributed by atoms with van der Waals surface area (Å²) in [5.41, 5.74) is 0. The lowest BCUT2D eigenvalue weighted by atomic mass is 10.1. The van der Waals surface area contributed by atoms with Crippen molar-refractivity contribution in [3.05, 3.63) is 34.2 Å². The van der Waals surface area contributed by atoms with Crippen LogP contribution in [0.4, 0.5) is 0 Å². The number of aliphatic hydroxyl groups is 1. The smallest absolute Gasteiger partial charge is 0.0637 e. The van der Waals surface area contributed by atoms with Crippen LogP contribution in [0.5, 0.6) is 0 Å². The van der Waals surface area contributed by atoms with Gasteiger partial charge in [0.15, 0.2) is 0 Å². The van der Waals surface area contributed by atoms with Gasteiger partial charge in [-0.3, -0.25) is 4.90 Å². The number of halogens is 1. The monoisotopic (exact) mass is 324 g/mol. The molecule has 1 saturated heterocycles. The fourth-order valence-corrected chi connectivity index (χ4v) is 4.52. The summed E-state index contributed by atoms with van der Waals surface area (Å²) in [6, 6.07) is 8.77. The molecule has 0 amide bonds. The maximum absolute atomic E-state index is 9.19. The maximum atomic E-state index is 9.19. The van der Waals surface area contributed by atoms with Gasteiger partial charge in [0.2, 0.25) is 0 Å². The Bertz CT molecular complexity index is 615. The minimum absolute atomic E-state index is 0.256. The van der Waals surface area contributed by atoms with E-state index in [4.69, 9.17) is 11.6 Å². The third-order valence-corrected chi connectivity index (χ3v) is 5.99. The Morgan fingerprint density at radius 3 is 2.90 bits per heavy atom. The molecule has 0 aliphatic carbocycles. The standard InChI is InChI=1S/C16H21ClN2OS/c1-18-7-8-19(10-12(18)6-9-20)11-15-16(17)13-4-2-3-5-14(13)21-15/h2-5,12,20H,6-11H2,1H3. The molecule has 5 heteroatoms. The normalized spacial score (nSPS) is 21.2. The van der Waals surface area contributed by atoms with Gasteiger partial charge in [-0.25, -0.2) is 0 Å². The minimum atomic E-state index is 0.256. The van der Waals surface area contributed by atoms with Gasteiger partial charge in [-0.15, -0.1) is 11.3 Å². The predicted octanol–water partition coefficient (Wildman–Crippen LogP) is 3.05. The Kier molecular flexibility index (Phi) is 4.82. The fourth-order valence-electron chi connectivity index (χ4n) is 2.98. The molecular weight excluding hydrogens is 304 g/mol. The van der Waals surface area contributed by atoms with E-state index in [-0.39, 0.29) is 6.61 Å². The molecular formula is C16H21ClN2OS. The predicted molar refractivity (Wildman–Crippen MR) is 90.2 cm³/mol. The van der Waals surface area contributed by atoms with E-state index in [9.17, 15) is 5.11 Å². The van der Waals surface area contributed by atoms with Gasteiger partial charge in [0.05, 0.1) is 5.02 Å². The van der Waals surface area contributed by atoms with Crippen molar-refractivity contribution in [1.29, 1.82) is 0 Å². The van der Waals surface area contributed by atoms with E-state index in [0.29, 0.717) is 6.04 Å². The second-order valence-electron chi connectivity index (χ2n) is 5.72. The lowest BCUT2D eigenvalue weighted by Crippen LogP contribution is -2.51. The lowest BCUT2D eigenvalue weighted by molar-refractivity contribution is 0.0749. The van der Waals surface area contributed by atoms with Gasteiger partial charge in [0.25, 0.3) is 0 Å². The van der Waals surface area contributed by atoms with Crippen LogP contribution in [0, 0.1) is 0 Å². The zero-order valence-corrected chi connectivity index (χ0v) is 13.8. The number of hydrogen-bond acceptors (Lipinski definition) is 4. The Balaban J connectivity index is 1.74. The number of benzene rings is 1. The molecule has 1 fully saturated rings. The Morgan fingerprint density at radius 1 is 1.33 bits per heavy atom. The largest absolute Gasteiger partial charge is 0.396 e. The van der Waals surface area contributed by atoms with E-state index in [0.717, 1.165) is 37.6 Å². The molecule has 21 heavy (non-hydrogen) atoms. The molecule has 1 aliphatic heterocycles. The van der Waals surface area contributed by atoms with Gasteiger partial charge in [-0.2, -0.15) is 0 Å². The molecule has 1 aromatic carbocycles. The summed E-state index contributed by atoms with van der Waals surface area (Å²) < 4.78 is 1.26. The molecule has 1 unspecified atom stereocenters. The summed E-state index contributed by atoms with van der Waals surface area (Å²) in [5, 5.41) is 11.3. The number of rotatable bonds is 4. The van der Waals surface area contributed by atoms with Crippen molar-refractivity contribution in [3.63, 3.8) is 0 Å². The number of piperazine rings is 1. The van der Waals surface area contributed by atoms with Crippen LogP contribution in [0.15, 0.2) is 24.3 Å². The van der Waals surface area contributed by atoms with E-state index >= 15 is 0 Å². The topological polar surface area (TPSA) is 26.7 Å². The van der Waals surface area contributed by atoms with Crippen molar-refractivity contribution < 1.29 is 5.11 Å². The summed E-state index contributed by atoms with van der Waals surface area (Å²) in [4.78, 5) is 6.06. The van der Waals surface area contributed by atoms with Gasteiger partial charge in [0.1, 0.15) is 0 Å². The molecule has 2 heterocycles. The molecule has 1 aromatic heterocycles. The summed E-state index contributed by atoms with van der Waals surface area (Å²) in [7, 11) is 2.14. The third-order valence-electron chi connectivity index (χ3n) is 4.29. The molecule has 1 aliphatic rings. The SMILES string of the molecule is CN1CCN(Cc2sc3ccccc3c2Cl)CC1CCO. The first-order valence-electron chi connectivity index (χ1n) is 7.38. The zero-order valence-electron chi connectivity index (χ0n) is 12.3. The summed E-state index contributed by atoms with van der Waals surface area (Å²) >= 11 is 8.33. The van der Waals surface area contributed by atoms with Gasteiger partial charge >= 0.3 is 0 Å². The maximum Gasteiger partial charge on any atom is 0.0637 e. The average molecular weight is 325 g/mol. The van der Waals surface area contributed by atoms with Crippen LogP contribution in [-0.2, 0) is 6.54 Å². The summed E-state index contributed by atoms with van der Waals surface area (Å²) in [5.74, 6) is 0. The van der Waals surface area contributed by atoms with Crippen LogP contribution in [-0.4, -0.2) is 54.2 Å². The first-order chi connectivity index (χ1) is 10.2. The van der Waals surface area contributed by atoms with E-state index < -0.39 is 0 Å². The van der Waals surface area contributed by atoms with Crippen molar-refractivity contribution >= 4 is 33.0 Å². The highest BCUT2D eigenvalue weighted by atomic mass is 35.5. The van der Waals surface area contributed by atoms with E-state index in [2.05, 4.69) is 35.0 Å². The molecule has 2 aromatic rings. The molecule has 3 rings (SSSR count). The van der Waals surface area contributed by atoms with Gasteiger partial charge in [-0.05, 0) is 19.5 Å². The Labute approximate surface area is 134 Å². The number of thiophene rings is 1. The first kappa shape index (κ1) is 15.3. The van der Waals surface area contributed by atoms with Crippen LogP contribution >= 0.6 is 22.9 Å². The molecule has 1 N–H and O–H groups in total. The molecule has 1 atom stereocenters. The lowest BCUT2D eigenvalue weighted by Gasteiger charge is -2.39. The van der Waals surface area contributed by atoms with E-state index in [1.165, 1.54) is 15.0 Å². The van der Waals surface area contributed by atoms with Crippen LogP contribution in [0.1, 0.15) is 11.3 Å². The number of nitrogens with zero attached hydrogens (tertiary/aromatic N) is 2. The minimum Gasteiger partial charge on any atom is -0.396 e. The fraction of sp³-hybridized carbons (Fsp3) is 0.500. The molecule has 0 radical (unpaired) electrons. The Hall–Kier alpha value is -0.650. The highest BCUT2D eigenvalue weighted by molar-refractivity contribution is 7.19. The van der Waals surface area contributed by atoms with Gasteiger partial charge in [-0.1, -0.05) is 29.8 Å². The quantitative estimate of drug-likeness (QED) is 0.936. The number of fused-ring (bicyclic) bond motifs is 1. The van der Waals surface area contributed by atoms with Crippen LogP contribution < -0.4 is 0 Å². The summed E-state index contributed by atoms with van der Waals surface area (Å²) in [6.07, 6.45) is 0.840. The zero-order chi connectivity index (χ0) is 14.8. The second-order valence-corrected chi connectivity index (χ2v) is 7.23. The average Bonchev–Trinajstić information content (AvgIpc) is 2.80. The molecule has 3 nitrogen and oxygen atoms in total. The third kappa shape index (κ3) is 3.25. The van der Waals surface area contributed by atoms with Crippen molar-refractivity contribution in [3.8, 4) is 0 Å². The Morgan fingerprint density at radius 2 is 2.14 bits per heavy atom. The van der Waals surface area contributed by atoms with Crippen LogP contribution in [0.2, 0.25) is 5.02 Å². The van der Waals surface area contributed by atoms with Crippen molar-refractivity contribution in [2.24, 2.45) is 0 Å². The highest BCUT2D eigenvalue weighted by Gasteiger charge is 2.24. The number of likely N-dealkylation sites (N-methyl/N-ethyl adjacent to an activating group) is 1. The van der Waals surface area contributed by atoms with Crippen LogP contribution in [0.25, 0.3) is 10.1 Å². The van der Waals surface area contributed by atoms with Gasteiger partial charge in [0, 0.05) is 53.8 Å². The molecule has 0 saturated carbocycles. The summed E-state index contributed by atoms with van der Waals surface area (Å²) in [6.45, 7) is 4.28. The van der Waals surface area contributed by atoms with Gasteiger partial charge < -0.3 is 10.0 Å². The van der Waals surface area contributed by atoms with E-state index in [1.807, 2.05) is 6.07 Å². The molecule has 0 bridgehead atoms. The highest BCUT2D eigenvalue weighted by Crippen LogP contribution is 2.36. The van der Waals surface area contributed by atoms with Crippen molar-refractivity contribution in [2.45, 2.75) is 19.0 Å². The van der Waals surface area contributed by atoms with Crippen LogP contribution in [0.3, 0.4) is 0 Å². The molecule has 114 valence electrons.